The van der Waals surface area contributed by atoms with E-state index in [9.17, 15) is 18.3 Å². The van der Waals surface area contributed by atoms with Gasteiger partial charge < -0.3 is 5.11 Å². The minimum absolute atomic E-state index is 0.0691. The summed E-state index contributed by atoms with van der Waals surface area (Å²) >= 11 is 0. The Hall–Kier alpha value is -2.04. The van der Waals surface area contributed by atoms with Crippen molar-refractivity contribution in [3.63, 3.8) is 0 Å². The number of pyridine rings is 1. The van der Waals surface area contributed by atoms with Gasteiger partial charge in [-0.2, -0.15) is 13.2 Å². The minimum Gasteiger partial charge on any atom is -0.505 e. The van der Waals surface area contributed by atoms with E-state index >= 15 is 0 Å². The zero-order valence-corrected chi connectivity index (χ0v) is 8.57. The largest absolute Gasteiger partial charge is 0.505 e. The van der Waals surface area contributed by atoms with E-state index in [-0.39, 0.29) is 5.69 Å². The Morgan fingerprint density at radius 2 is 1.65 bits per heavy atom. The molecule has 0 aliphatic carbocycles. The first-order valence-electron chi connectivity index (χ1n) is 4.81. The summed E-state index contributed by atoms with van der Waals surface area (Å²) in [6.45, 7) is 0. The number of alkyl halides is 3. The van der Waals surface area contributed by atoms with Crippen molar-refractivity contribution < 1.29 is 18.3 Å². The van der Waals surface area contributed by atoms with Crippen LogP contribution in [0.2, 0.25) is 0 Å². The summed E-state index contributed by atoms with van der Waals surface area (Å²) in [5.41, 5.74) is -0.706. The Labute approximate surface area is 95.4 Å². The third kappa shape index (κ3) is 2.22. The number of rotatable bonds is 1. The Morgan fingerprint density at radius 3 is 2.24 bits per heavy atom. The normalized spacial score (nSPS) is 11.5. The average Bonchev–Trinajstić information content (AvgIpc) is 2.29. The lowest BCUT2D eigenvalue weighted by Gasteiger charge is -2.11. The molecule has 1 aromatic carbocycles. The molecule has 0 aliphatic heterocycles. The fourth-order valence-electron chi connectivity index (χ4n) is 1.49. The van der Waals surface area contributed by atoms with Gasteiger partial charge in [0.25, 0.3) is 0 Å². The lowest BCUT2D eigenvalue weighted by molar-refractivity contribution is -0.138. The predicted octanol–water partition coefficient (Wildman–Crippen LogP) is 3.47. The average molecular weight is 239 g/mol. The smallest absolute Gasteiger partial charge is 0.420 e. The summed E-state index contributed by atoms with van der Waals surface area (Å²) in [7, 11) is 0. The van der Waals surface area contributed by atoms with E-state index in [1.165, 1.54) is 0 Å². The van der Waals surface area contributed by atoms with E-state index in [2.05, 4.69) is 4.98 Å². The molecule has 2 rings (SSSR count). The van der Waals surface area contributed by atoms with Crippen LogP contribution in [0.3, 0.4) is 0 Å². The van der Waals surface area contributed by atoms with Crippen molar-refractivity contribution in [2.45, 2.75) is 6.18 Å². The van der Waals surface area contributed by atoms with Crippen LogP contribution < -0.4 is 0 Å². The monoisotopic (exact) mass is 239 g/mol. The third-order valence-electron chi connectivity index (χ3n) is 2.28. The van der Waals surface area contributed by atoms with Gasteiger partial charge in [-0.25, -0.2) is 0 Å². The fraction of sp³-hybridized carbons (Fsp3) is 0.0833. The van der Waals surface area contributed by atoms with Crippen LogP contribution >= 0.6 is 0 Å². The van der Waals surface area contributed by atoms with Gasteiger partial charge >= 0.3 is 6.18 Å². The van der Waals surface area contributed by atoms with Crippen LogP contribution in [0.4, 0.5) is 13.2 Å². The number of benzene rings is 1. The first kappa shape index (κ1) is 11.4. The molecule has 2 aromatic rings. The van der Waals surface area contributed by atoms with Crippen LogP contribution in [-0.2, 0) is 6.18 Å². The highest BCUT2D eigenvalue weighted by molar-refractivity contribution is 5.67. The van der Waals surface area contributed by atoms with Gasteiger partial charge in [-0.05, 0) is 6.07 Å². The van der Waals surface area contributed by atoms with Crippen molar-refractivity contribution in [2.24, 2.45) is 0 Å². The number of hydrogen-bond donors (Lipinski definition) is 1. The van der Waals surface area contributed by atoms with Crippen LogP contribution in [0.5, 0.6) is 5.75 Å². The van der Waals surface area contributed by atoms with Crippen molar-refractivity contribution in [1.29, 1.82) is 0 Å². The molecule has 1 aromatic heterocycles. The molecule has 0 radical (unpaired) electrons. The van der Waals surface area contributed by atoms with E-state index < -0.39 is 17.5 Å². The van der Waals surface area contributed by atoms with Crippen molar-refractivity contribution in [3.05, 3.63) is 48.2 Å². The van der Waals surface area contributed by atoms with Crippen LogP contribution in [0, 0.1) is 0 Å². The van der Waals surface area contributed by atoms with Crippen molar-refractivity contribution in [2.75, 3.05) is 0 Å². The second kappa shape index (κ2) is 4.08. The lowest BCUT2D eigenvalue weighted by Crippen LogP contribution is -2.06. The minimum atomic E-state index is -4.59. The zero-order valence-electron chi connectivity index (χ0n) is 8.57. The molecule has 1 N–H and O–H groups in total. The van der Waals surface area contributed by atoms with E-state index in [4.69, 9.17) is 0 Å². The molecule has 0 fully saturated rings. The maximum absolute atomic E-state index is 12.6. The zero-order chi connectivity index (χ0) is 12.5. The molecule has 88 valence electrons. The molecule has 0 saturated heterocycles. The van der Waals surface area contributed by atoms with Crippen molar-refractivity contribution >= 4 is 0 Å². The van der Waals surface area contributed by atoms with Crippen molar-refractivity contribution in [1.82, 2.24) is 4.98 Å². The van der Waals surface area contributed by atoms with Gasteiger partial charge in [0, 0.05) is 11.8 Å². The maximum atomic E-state index is 12.6. The number of hydrogen-bond acceptors (Lipinski definition) is 2. The third-order valence-corrected chi connectivity index (χ3v) is 2.28. The fourth-order valence-corrected chi connectivity index (χ4v) is 1.49. The van der Waals surface area contributed by atoms with Gasteiger partial charge in [0.05, 0.1) is 0 Å². The highest BCUT2D eigenvalue weighted by atomic mass is 19.4. The molecule has 0 atom stereocenters. The first-order valence-corrected chi connectivity index (χ1v) is 4.81. The molecule has 0 unspecified atom stereocenters. The number of nitrogens with zero attached hydrogens (tertiary/aromatic N) is 1. The SMILES string of the molecule is Oc1c(C(F)(F)F)ccnc1-c1ccccc1. The molecule has 0 bridgehead atoms. The topological polar surface area (TPSA) is 33.1 Å². The highest BCUT2D eigenvalue weighted by Gasteiger charge is 2.35. The number of aromatic hydroxyl groups is 1. The molecule has 2 nitrogen and oxygen atoms in total. The van der Waals surface area contributed by atoms with Crippen LogP contribution in [0.15, 0.2) is 42.6 Å². The summed E-state index contributed by atoms with van der Waals surface area (Å²) < 4.78 is 37.7. The van der Waals surface area contributed by atoms with E-state index in [1.807, 2.05) is 0 Å². The summed E-state index contributed by atoms with van der Waals surface area (Å²) in [4.78, 5) is 3.77. The molecule has 17 heavy (non-hydrogen) atoms. The number of aromatic nitrogens is 1. The van der Waals surface area contributed by atoms with Gasteiger partial charge in [0.2, 0.25) is 0 Å². The van der Waals surface area contributed by atoms with Gasteiger partial charge in [-0.15, -0.1) is 0 Å². The standard InChI is InChI=1S/C12H8F3NO/c13-12(14,15)9-6-7-16-10(11(9)17)8-4-2-1-3-5-8/h1-7,17H. The van der Waals surface area contributed by atoms with Crippen LogP contribution in [0.1, 0.15) is 5.56 Å². The van der Waals surface area contributed by atoms with Gasteiger partial charge in [-0.1, -0.05) is 30.3 Å². The second-order valence-electron chi connectivity index (χ2n) is 3.42. The van der Waals surface area contributed by atoms with E-state index in [0.717, 1.165) is 12.3 Å². The van der Waals surface area contributed by atoms with Crippen molar-refractivity contribution in [3.8, 4) is 17.0 Å². The molecule has 1 heterocycles. The first-order chi connectivity index (χ1) is 8.00. The molecule has 5 heteroatoms. The lowest BCUT2D eigenvalue weighted by atomic mass is 10.1. The van der Waals surface area contributed by atoms with Gasteiger partial charge in [0.1, 0.15) is 11.3 Å². The molecule has 0 saturated carbocycles. The molecular formula is C12H8F3NO. The van der Waals surface area contributed by atoms with Gasteiger partial charge in [-0.3, -0.25) is 4.98 Å². The summed E-state index contributed by atoms with van der Waals surface area (Å²) in [5, 5.41) is 9.60. The highest BCUT2D eigenvalue weighted by Crippen LogP contribution is 2.39. The Kier molecular flexibility index (Phi) is 2.75. The van der Waals surface area contributed by atoms with Gasteiger partial charge in [0.15, 0.2) is 5.75 Å². The Bertz CT molecular complexity index is 523. The summed E-state index contributed by atoms with van der Waals surface area (Å²) in [6, 6.07) is 8.98. The predicted molar refractivity (Wildman–Crippen MR) is 56.3 cm³/mol. The van der Waals surface area contributed by atoms with E-state index in [0.29, 0.717) is 5.56 Å². The van der Waals surface area contributed by atoms with Crippen LogP contribution in [0.25, 0.3) is 11.3 Å². The quantitative estimate of drug-likeness (QED) is 0.826. The molecule has 0 aliphatic rings. The number of halogens is 3. The van der Waals surface area contributed by atoms with E-state index in [1.54, 1.807) is 30.3 Å². The molecule has 0 amide bonds. The Balaban J connectivity index is 2.58. The maximum Gasteiger partial charge on any atom is 0.420 e. The van der Waals surface area contributed by atoms with Crippen LogP contribution in [-0.4, -0.2) is 10.1 Å². The Morgan fingerprint density at radius 1 is 1.00 bits per heavy atom. The summed E-state index contributed by atoms with van der Waals surface area (Å²) in [6.07, 6.45) is -3.55. The molecular weight excluding hydrogens is 231 g/mol. The summed E-state index contributed by atoms with van der Waals surface area (Å²) in [5.74, 6) is -0.841. The second-order valence-corrected chi connectivity index (χ2v) is 3.42. The molecule has 0 spiro atoms.